The van der Waals surface area contributed by atoms with E-state index in [1.807, 2.05) is 0 Å². The number of hydrogen-bond acceptors (Lipinski definition) is 1. The van der Waals surface area contributed by atoms with Gasteiger partial charge in [0.05, 0.1) is 16.1 Å². The summed E-state index contributed by atoms with van der Waals surface area (Å²) in [5.41, 5.74) is 0. The highest BCUT2D eigenvalue weighted by atomic mass is 32.2. The molecule has 3 heteroatoms. The zero-order valence-corrected chi connectivity index (χ0v) is 16.6. The lowest BCUT2D eigenvalue weighted by Gasteiger charge is -2.40. The summed E-state index contributed by atoms with van der Waals surface area (Å²) in [4.78, 5) is 1.42. The van der Waals surface area contributed by atoms with Crippen molar-refractivity contribution >= 4 is 33.1 Å². The molecule has 0 nitrogen and oxygen atoms in total. The van der Waals surface area contributed by atoms with E-state index in [4.69, 9.17) is 0 Å². The average Bonchev–Trinajstić information content (AvgIpc) is 2.45. The van der Waals surface area contributed by atoms with Gasteiger partial charge in [-0.25, -0.2) is 0 Å². The fourth-order valence-electron chi connectivity index (χ4n) is 3.06. The topological polar surface area (TPSA) is 0 Å². The molecule has 0 aliphatic heterocycles. The van der Waals surface area contributed by atoms with E-state index >= 15 is 0 Å². The van der Waals surface area contributed by atoms with Gasteiger partial charge in [-0.1, -0.05) is 86.5 Å². The Morgan fingerprint density at radius 3 is 1.67 bits per heavy atom. The summed E-state index contributed by atoms with van der Waals surface area (Å²) >= 11 is 2.12. The summed E-state index contributed by atoms with van der Waals surface area (Å²) in [6, 6.07) is 22.1. The fraction of sp³-hybridized carbons (Fsp3) is 0.333. The maximum absolute atomic E-state index is 2.54. The summed E-state index contributed by atoms with van der Waals surface area (Å²) in [6.07, 6.45) is 0. The van der Waals surface area contributed by atoms with Crippen molar-refractivity contribution in [2.75, 3.05) is 0 Å². The molecular weight excluding hydrogens is 304 g/mol. The highest BCUT2D eigenvalue weighted by Gasteiger charge is 2.42. The van der Waals surface area contributed by atoms with Crippen LogP contribution >= 0.6 is 11.8 Å². The molecule has 0 fully saturated rings. The van der Waals surface area contributed by atoms with Gasteiger partial charge in [-0.3, -0.25) is 0 Å². The molecule has 0 aliphatic rings. The molecule has 2 aromatic rings. The van der Waals surface area contributed by atoms with Gasteiger partial charge >= 0.3 is 0 Å². The molecular formula is C18H26SSi2. The smallest absolute Gasteiger partial charge is 0.0913 e. The minimum absolute atomic E-state index is 0.773. The summed E-state index contributed by atoms with van der Waals surface area (Å²) < 4.78 is 0.773. The summed E-state index contributed by atoms with van der Waals surface area (Å²) in [5.74, 6) is 0. The third-order valence-electron chi connectivity index (χ3n) is 3.96. The molecule has 0 spiro atoms. The van der Waals surface area contributed by atoms with Gasteiger partial charge < -0.3 is 0 Å². The zero-order valence-electron chi connectivity index (χ0n) is 13.8. The Kier molecular flexibility index (Phi) is 5.17. The summed E-state index contributed by atoms with van der Waals surface area (Å²) in [7, 11) is -2.77. The van der Waals surface area contributed by atoms with Gasteiger partial charge in [0.15, 0.2) is 0 Å². The first kappa shape index (κ1) is 16.6. The molecule has 0 aliphatic carbocycles. The van der Waals surface area contributed by atoms with Crippen molar-refractivity contribution < 1.29 is 0 Å². The van der Waals surface area contributed by atoms with Crippen LogP contribution in [0.25, 0.3) is 0 Å². The van der Waals surface area contributed by atoms with E-state index in [2.05, 4.69) is 105 Å². The molecule has 0 heterocycles. The highest BCUT2D eigenvalue weighted by molar-refractivity contribution is 8.03. The molecule has 21 heavy (non-hydrogen) atoms. The molecule has 0 bridgehead atoms. The van der Waals surface area contributed by atoms with Crippen LogP contribution in [0.1, 0.15) is 0 Å². The molecule has 2 aromatic carbocycles. The van der Waals surface area contributed by atoms with Gasteiger partial charge in [-0.15, -0.1) is 11.8 Å². The zero-order chi connectivity index (χ0) is 15.5. The molecule has 1 atom stereocenters. The van der Waals surface area contributed by atoms with Crippen molar-refractivity contribution in [1.82, 2.24) is 0 Å². The third-order valence-corrected chi connectivity index (χ3v) is 18.8. The molecule has 0 N–H and O–H groups in total. The van der Waals surface area contributed by atoms with Crippen molar-refractivity contribution in [1.29, 1.82) is 0 Å². The van der Waals surface area contributed by atoms with Gasteiger partial charge in [0.25, 0.3) is 0 Å². The van der Waals surface area contributed by atoms with Crippen molar-refractivity contribution in [2.24, 2.45) is 0 Å². The van der Waals surface area contributed by atoms with E-state index in [1.165, 1.54) is 4.90 Å². The maximum Gasteiger partial charge on any atom is 0.0913 e. The first-order chi connectivity index (χ1) is 9.82. The lowest BCUT2D eigenvalue weighted by atomic mass is 10.4. The molecule has 2 rings (SSSR count). The Morgan fingerprint density at radius 1 is 0.714 bits per heavy atom. The van der Waals surface area contributed by atoms with E-state index < -0.39 is 16.1 Å². The van der Waals surface area contributed by atoms with Crippen molar-refractivity contribution in [3.63, 3.8) is 0 Å². The second-order valence-electron chi connectivity index (χ2n) is 7.26. The minimum Gasteiger partial charge on any atom is -0.128 e. The highest BCUT2D eigenvalue weighted by Crippen LogP contribution is 2.35. The van der Waals surface area contributed by atoms with Crippen LogP contribution in [0.4, 0.5) is 0 Å². The van der Waals surface area contributed by atoms with Crippen LogP contribution in [-0.4, -0.2) is 20.6 Å². The first-order valence-corrected chi connectivity index (χ1v) is 15.1. The Morgan fingerprint density at radius 2 is 1.19 bits per heavy atom. The van der Waals surface area contributed by atoms with Crippen LogP contribution in [0.2, 0.25) is 32.7 Å². The number of rotatable bonds is 5. The SMILES string of the molecule is C[Si](C)(C)C(Sc1ccccc1)[Si](C)(C)c1ccccc1. The van der Waals surface area contributed by atoms with Crippen molar-refractivity contribution in [2.45, 2.75) is 42.1 Å². The fourth-order valence-corrected chi connectivity index (χ4v) is 18.0. The largest absolute Gasteiger partial charge is 0.128 e. The van der Waals surface area contributed by atoms with E-state index in [0.717, 1.165) is 4.50 Å². The lowest BCUT2D eigenvalue weighted by molar-refractivity contribution is 1.42. The van der Waals surface area contributed by atoms with E-state index in [1.54, 1.807) is 5.19 Å². The Labute approximate surface area is 136 Å². The maximum atomic E-state index is 2.54. The van der Waals surface area contributed by atoms with Crippen LogP contribution < -0.4 is 5.19 Å². The third kappa shape index (κ3) is 4.12. The van der Waals surface area contributed by atoms with Crippen LogP contribution in [-0.2, 0) is 0 Å². The van der Waals surface area contributed by atoms with E-state index in [0.29, 0.717) is 0 Å². The van der Waals surface area contributed by atoms with Crippen LogP contribution in [0.5, 0.6) is 0 Å². The number of thioether (sulfide) groups is 1. The number of benzene rings is 2. The number of hydrogen-bond donors (Lipinski definition) is 0. The molecule has 0 radical (unpaired) electrons. The Hall–Kier alpha value is -0.776. The van der Waals surface area contributed by atoms with Crippen LogP contribution in [0.3, 0.4) is 0 Å². The predicted molar refractivity (Wildman–Crippen MR) is 103 cm³/mol. The van der Waals surface area contributed by atoms with E-state index in [9.17, 15) is 0 Å². The molecule has 112 valence electrons. The van der Waals surface area contributed by atoms with Gasteiger partial charge in [0, 0.05) is 9.39 Å². The predicted octanol–water partition coefficient (Wildman–Crippen LogP) is 5.18. The average molecular weight is 331 g/mol. The summed E-state index contributed by atoms with van der Waals surface area (Å²) in [5, 5.41) is 1.58. The first-order valence-electron chi connectivity index (χ1n) is 7.59. The second kappa shape index (κ2) is 6.55. The van der Waals surface area contributed by atoms with Crippen molar-refractivity contribution in [3.05, 3.63) is 60.7 Å². The molecule has 0 saturated heterocycles. The van der Waals surface area contributed by atoms with Crippen molar-refractivity contribution in [3.8, 4) is 0 Å². The lowest BCUT2D eigenvalue weighted by Crippen LogP contribution is -2.60. The molecule has 0 amide bonds. The Bertz CT molecular complexity index is 559. The molecule has 1 unspecified atom stereocenters. The normalized spacial score (nSPS) is 14.0. The van der Waals surface area contributed by atoms with Gasteiger partial charge in [0.2, 0.25) is 0 Å². The second-order valence-corrected chi connectivity index (χ2v) is 19.8. The van der Waals surface area contributed by atoms with Gasteiger partial charge in [-0.05, 0) is 12.1 Å². The minimum atomic E-state index is -1.50. The van der Waals surface area contributed by atoms with Gasteiger partial charge in [0.1, 0.15) is 0 Å². The van der Waals surface area contributed by atoms with E-state index in [-0.39, 0.29) is 0 Å². The quantitative estimate of drug-likeness (QED) is 0.538. The van der Waals surface area contributed by atoms with Crippen LogP contribution in [0, 0.1) is 0 Å². The monoisotopic (exact) mass is 330 g/mol. The molecule has 0 aromatic heterocycles. The van der Waals surface area contributed by atoms with Crippen LogP contribution in [0.15, 0.2) is 65.6 Å². The molecule has 0 saturated carbocycles. The van der Waals surface area contributed by atoms with Gasteiger partial charge in [-0.2, -0.15) is 0 Å². The standard InChI is InChI=1S/C18H26SSi2/c1-20(2,3)18(19-16-12-8-6-9-13-16)21(4,5)17-14-10-7-11-15-17/h6-15,18H,1-5H3. The summed E-state index contributed by atoms with van der Waals surface area (Å²) in [6.45, 7) is 12.6. The Balaban J connectivity index is 2.37.